The van der Waals surface area contributed by atoms with Crippen LogP contribution in [-0.4, -0.2) is 25.2 Å². The molecule has 0 amide bonds. The summed E-state index contributed by atoms with van der Waals surface area (Å²) in [6.07, 6.45) is 1.32. The van der Waals surface area contributed by atoms with E-state index in [9.17, 15) is 9.90 Å². The van der Waals surface area contributed by atoms with Crippen LogP contribution in [0.2, 0.25) is 0 Å². The summed E-state index contributed by atoms with van der Waals surface area (Å²) in [7, 11) is 0. The molecule has 0 atom stereocenters. The first kappa shape index (κ1) is 14.7. The van der Waals surface area contributed by atoms with Crippen molar-refractivity contribution in [1.29, 1.82) is 0 Å². The second-order valence-corrected chi connectivity index (χ2v) is 4.54. The van der Waals surface area contributed by atoms with Gasteiger partial charge in [0, 0.05) is 12.0 Å². The molecule has 0 heterocycles. The van der Waals surface area contributed by atoms with E-state index in [-0.39, 0.29) is 5.56 Å². The van der Waals surface area contributed by atoms with Gasteiger partial charge in [0.25, 0.3) is 0 Å². The van der Waals surface area contributed by atoms with E-state index in [1.807, 2.05) is 26.0 Å². The average Bonchev–Trinajstić information content (AvgIpc) is 2.34. The lowest BCUT2D eigenvalue weighted by molar-refractivity contribution is -0.671. The molecule has 0 aromatic heterocycles. The molecule has 1 aromatic carbocycles. The van der Waals surface area contributed by atoms with Gasteiger partial charge in [-0.1, -0.05) is 24.3 Å². The first-order valence-electron chi connectivity index (χ1n) is 6.33. The molecule has 0 bridgehead atoms. The number of carbonyl (C=O) groups is 1. The molecule has 0 fully saturated rings. The van der Waals surface area contributed by atoms with E-state index < -0.39 is 5.97 Å². The third-order valence-corrected chi connectivity index (χ3v) is 2.57. The number of hydrogen-bond donors (Lipinski definition) is 1. The van der Waals surface area contributed by atoms with Crippen LogP contribution in [0.3, 0.4) is 0 Å². The summed E-state index contributed by atoms with van der Waals surface area (Å²) in [6.45, 7) is 6.72. The maximum atomic E-state index is 10.6. The Morgan fingerprint density at radius 2 is 2.00 bits per heavy atom. The number of benzene rings is 1. The number of carbonyl (C=O) groups excluding carboxylic acids is 1. The van der Waals surface area contributed by atoms with Crippen LogP contribution in [0.15, 0.2) is 24.3 Å². The van der Waals surface area contributed by atoms with Gasteiger partial charge in [0.1, 0.15) is 6.54 Å². The highest BCUT2D eigenvalue weighted by Crippen LogP contribution is 2.01. The van der Waals surface area contributed by atoms with Crippen LogP contribution in [-0.2, 0) is 11.3 Å². The van der Waals surface area contributed by atoms with Crippen LogP contribution < -0.4 is 10.4 Å². The van der Waals surface area contributed by atoms with E-state index in [1.54, 1.807) is 12.1 Å². The van der Waals surface area contributed by atoms with Gasteiger partial charge in [-0.25, -0.2) is 0 Å². The summed E-state index contributed by atoms with van der Waals surface area (Å²) in [4.78, 5) is 10.6. The van der Waals surface area contributed by atoms with Crippen molar-refractivity contribution < 1.29 is 20.0 Å². The summed E-state index contributed by atoms with van der Waals surface area (Å²) >= 11 is 0. The fraction of sp³-hybridized carbons (Fsp3) is 0.500. The van der Waals surface area contributed by atoms with E-state index in [0.29, 0.717) is 6.10 Å². The highest BCUT2D eigenvalue weighted by atomic mass is 16.5. The number of aromatic carboxylic acids is 1. The Balaban J connectivity index is 2.17. The van der Waals surface area contributed by atoms with E-state index in [2.05, 4.69) is 5.32 Å². The Kier molecular flexibility index (Phi) is 6.39. The fourth-order valence-electron chi connectivity index (χ4n) is 1.59. The average molecular weight is 251 g/mol. The quantitative estimate of drug-likeness (QED) is 0.658. The summed E-state index contributed by atoms with van der Waals surface area (Å²) < 4.78 is 5.44. The maximum Gasteiger partial charge on any atom is 0.101 e. The number of hydrogen-bond acceptors (Lipinski definition) is 3. The standard InChI is InChI=1S/C14H21NO3/c1-11(2)18-9-3-8-15-10-12-4-6-13(7-5-12)14(16)17/h4-7,11,15H,3,8-10H2,1-2H3,(H,16,17). The van der Waals surface area contributed by atoms with Crippen molar-refractivity contribution in [2.75, 3.05) is 13.2 Å². The predicted octanol–water partition coefficient (Wildman–Crippen LogP) is -0.0714. The molecule has 4 nitrogen and oxygen atoms in total. The van der Waals surface area contributed by atoms with Crippen molar-refractivity contribution in [3.8, 4) is 0 Å². The van der Waals surface area contributed by atoms with Crippen molar-refractivity contribution in [1.82, 2.24) is 0 Å². The zero-order valence-electron chi connectivity index (χ0n) is 11.0. The van der Waals surface area contributed by atoms with E-state index >= 15 is 0 Å². The van der Waals surface area contributed by atoms with Crippen LogP contribution in [0.25, 0.3) is 0 Å². The second kappa shape index (κ2) is 7.84. The Hall–Kier alpha value is -1.39. The van der Waals surface area contributed by atoms with Crippen LogP contribution in [0.5, 0.6) is 0 Å². The highest BCUT2D eigenvalue weighted by molar-refractivity contribution is 5.85. The minimum Gasteiger partial charge on any atom is -0.545 e. The molecule has 0 unspecified atom stereocenters. The topological polar surface area (TPSA) is 66.0 Å². The Labute approximate surface area is 108 Å². The van der Waals surface area contributed by atoms with Gasteiger partial charge in [-0.2, -0.15) is 0 Å². The number of quaternary nitrogens is 1. The van der Waals surface area contributed by atoms with Gasteiger partial charge in [-0.3, -0.25) is 0 Å². The maximum absolute atomic E-state index is 10.6. The lowest BCUT2D eigenvalue weighted by Crippen LogP contribution is -2.82. The summed E-state index contributed by atoms with van der Waals surface area (Å²) in [5.74, 6) is -1.13. The van der Waals surface area contributed by atoms with Gasteiger partial charge in [-0.05, 0) is 19.4 Å². The normalized spacial score (nSPS) is 10.8. The van der Waals surface area contributed by atoms with Gasteiger partial charge in [-0.15, -0.1) is 0 Å². The molecule has 100 valence electrons. The lowest BCUT2D eigenvalue weighted by atomic mass is 10.1. The van der Waals surface area contributed by atoms with Gasteiger partial charge in [0.15, 0.2) is 0 Å². The number of ether oxygens (including phenoxy) is 1. The molecule has 1 aromatic rings. The lowest BCUT2D eigenvalue weighted by Gasteiger charge is -2.07. The molecule has 0 aliphatic carbocycles. The molecule has 0 saturated heterocycles. The number of carboxylic acid groups (broad SMARTS) is 1. The minimum absolute atomic E-state index is 0.226. The SMILES string of the molecule is CC(C)OCCC[NH2+]Cc1ccc(C(=O)[O-])cc1. The monoisotopic (exact) mass is 251 g/mol. The smallest absolute Gasteiger partial charge is 0.101 e. The first-order chi connectivity index (χ1) is 8.59. The molecule has 18 heavy (non-hydrogen) atoms. The zero-order chi connectivity index (χ0) is 13.4. The molecule has 2 N–H and O–H groups in total. The molecule has 1 rings (SSSR count). The van der Waals surface area contributed by atoms with Crippen molar-refractivity contribution in [3.05, 3.63) is 35.4 Å². The number of rotatable bonds is 8. The molecule has 0 aliphatic heterocycles. The summed E-state index contributed by atoms with van der Waals surface area (Å²) in [5, 5.41) is 12.8. The third kappa shape index (κ3) is 5.80. The molecule has 0 saturated carbocycles. The van der Waals surface area contributed by atoms with Gasteiger partial charge >= 0.3 is 0 Å². The Morgan fingerprint density at radius 1 is 1.33 bits per heavy atom. The highest BCUT2D eigenvalue weighted by Gasteiger charge is 1.98. The van der Waals surface area contributed by atoms with Crippen molar-refractivity contribution in [3.63, 3.8) is 0 Å². The van der Waals surface area contributed by atoms with Crippen molar-refractivity contribution in [2.24, 2.45) is 0 Å². The largest absolute Gasteiger partial charge is 0.545 e. The molecular formula is C14H21NO3. The second-order valence-electron chi connectivity index (χ2n) is 4.54. The van der Waals surface area contributed by atoms with Crippen LogP contribution in [0.1, 0.15) is 36.2 Å². The number of carboxylic acids is 1. The van der Waals surface area contributed by atoms with Crippen LogP contribution >= 0.6 is 0 Å². The summed E-state index contributed by atoms with van der Waals surface area (Å²) in [6, 6.07) is 6.82. The molecule has 0 radical (unpaired) electrons. The zero-order valence-corrected chi connectivity index (χ0v) is 11.0. The van der Waals surface area contributed by atoms with E-state index in [4.69, 9.17) is 4.74 Å². The molecule has 4 heteroatoms. The van der Waals surface area contributed by atoms with E-state index in [0.717, 1.165) is 31.7 Å². The third-order valence-electron chi connectivity index (χ3n) is 2.57. The Bertz CT molecular complexity index is 360. The minimum atomic E-state index is -1.13. The van der Waals surface area contributed by atoms with Gasteiger partial charge < -0.3 is 20.0 Å². The fourth-order valence-corrected chi connectivity index (χ4v) is 1.59. The van der Waals surface area contributed by atoms with Crippen molar-refractivity contribution in [2.45, 2.75) is 32.9 Å². The van der Waals surface area contributed by atoms with Crippen molar-refractivity contribution >= 4 is 5.97 Å². The van der Waals surface area contributed by atoms with Crippen LogP contribution in [0, 0.1) is 0 Å². The number of nitrogens with two attached hydrogens (primary N) is 1. The molecule has 0 aliphatic rings. The Morgan fingerprint density at radius 3 is 2.56 bits per heavy atom. The van der Waals surface area contributed by atoms with Gasteiger partial charge in [0.2, 0.25) is 0 Å². The summed E-state index contributed by atoms with van der Waals surface area (Å²) in [5.41, 5.74) is 1.34. The van der Waals surface area contributed by atoms with Gasteiger partial charge in [0.05, 0.1) is 25.2 Å². The van der Waals surface area contributed by atoms with Crippen LogP contribution in [0.4, 0.5) is 0 Å². The molecular weight excluding hydrogens is 230 g/mol. The first-order valence-corrected chi connectivity index (χ1v) is 6.33. The predicted molar refractivity (Wildman–Crippen MR) is 67.0 cm³/mol. The van der Waals surface area contributed by atoms with E-state index in [1.165, 1.54) is 0 Å². The molecule has 0 spiro atoms.